The van der Waals surface area contributed by atoms with E-state index in [2.05, 4.69) is 15.3 Å². The number of imidazole rings is 1. The van der Waals surface area contributed by atoms with Gasteiger partial charge in [0.2, 0.25) is 5.91 Å². The number of likely N-dealkylation sites (N-methyl/N-ethyl adjacent to an activating group) is 1. The topological polar surface area (TPSA) is 99.4 Å². The number of fused-ring (bicyclic) bond motifs is 1. The summed E-state index contributed by atoms with van der Waals surface area (Å²) < 4.78 is 10.8. The summed E-state index contributed by atoms with van der Waals surface area (Å²) in [7, 11) is 3.49. The van der Waals surface area contributed by atoms with E-state index in [0.717, 1.165) is 11.5 Å². The molecule has 3 aromatic rings. The monoisotopic (exact) mass is 384 g/mol. The molecule has 0 fully saturated rings. The van der Waals surface area contributed by atoms with Crippen molar-refractivity contribution in [3.8, 4) is 11.5 Å². The zero-order valence-corrected chi connectivity index (χ0v) is 16.1. The van der Waals surface area contributed by atoms with Gasteiger partial charge in [0.1, 0.15) is 18.1 Å². The van der Waals surface area contributed by atoms with Crippen LogP contribution >= 0.6 is 0 Å². The first-order chi connectivity index (χ1) is 13.5. The number of aromatic nitrogens is 2. The molecule has 2 aromatic carbocycles. The zero-order valence-electron chi connectivity index (χ0n) is 16.1. The Morgan fingerprint density at radius 2 is 1.79 bits per heavy atom. The zero-order chi connectivity index (χ0) is 20.1. The number of rotatable bonds is 8. The number of carbonyl (C=O) groups is 1. The third-order valence-corrected chi connectivity index (χ3v) is 4.60. The van der Waals surface area contributed by atoms with E-state index in [0.29, 0.717) is 29.9 Å². The van der Waals surface area contributed by atoms with Gasteiger partial charge in [0.05, 0.1) is 24.2 Å². The number of carbonyl (C=O) groups excluding carboxylic acids is 1. The maximum Gasteiger partial charge on any atom is 0.323 e. The lowest BCUT2D eigenvalue weighted by molar-refractivity contribution is -0.120. The molecule has 0 radical (unpaired) electrons. The third kappa shape index (κ3) is 4.72. The SMILES string of the molecule is COc1ccc(OCCN(C)[C@H](C)C(=O)Nc2ccc3[nH]c(=O)[nH]c3c2)cc1. The number of anilines is 1. The van der Waals surface area contributed by atoms with Crippen molar-refractivity contribution in [2.45, 2.75) is 13.0 Å². The second-order valence-electron chi connectivity index (χ2n) is 6.51. The summed E-state index contributed by atoms with van der Waals surface area (Å²) in [6, 6.07) is 12.2. The number of benzene rings is 2. The fourth-order valence-corrected chi connectivity index (χ4v) is 2.73. The number of aromatic amines is 2. The highest BCUT2D eigenvalue weighted by Crippen LogP contribution is 2.17. The Morgan fingerprint density at radius 3 is 2.50 bits per heavy atom. The molecule has 0 aliphatic heterocycles. The summed E-state index contributed by atoms with van der Waals surface area (Å²) in [5.74, 6) is 1.39. The molecular formula is C20H24N4O4. The molecular weight excluding hydrogens is 360 g/mol. The molecule has 1 atom stereocenters. The highest BCUT2D eigenvalue weighted by molar-refractivity contribution is 5.96. The average Bonchev–Trinajstić information content (AvgIpc) is 3.07. The smallest absolute Gasteiger partial charge is 0.323 e. The second-order valence-corrected chi connectivity index (χ2v) is 6.51. The Labute approximate surface area is 162 Å². The van der Waals surface area contributed by atoms with Crippen molar-refractivity contribution in [1.82, 2.24) is 14.9 Å². The molecule has 28 heavy (non-hydrogen) atoms. The minimum absolute atomic E-state index is 0.135. The molecule has 1 heterocycles. The summed E-state index contributed by atoms with van der Waals surface area (Å²) in [6.45, 7) is 2.88. The van der Waals surface area contributed by atoms with E-state index < -0.39 is 0 Å². The maximum absolute atomic E-state index is 12.5. The van der Waals surface area contributed by atoms with Gasteiger partial charge in [0.15, 0.2) is 0 Å². The molecule has 1 aromatic heterocycles. The van der Waals surface area contributed by atoms with Crippen molar-refractivity contribution in [2.24, 2.45) is 0 Å². The molecule has 0 saturated heterocycles. The number of nitrogens with one attached hydrogen (secondary N) is 3. The predicted molar refractivity (Wildman–Crippen MR) is 108 cm³/mol. The fraction of sp³-hybridized carbons (Fsp3) is 0.300. The van der Waals surface area contributed by atoms with Crippen LogP contribution in [-0.4, -0.2) is 54.1 Å². The van der Waals surface area contributed by atoms with Gasteiger partial charge in [0.25, 0.3) is 0 Å². The van der Waals surface area contributed by atoms with Gasteiger partial charge in [-0.05, 0) is 56.4 Å². The first-order valence-electron chi connectivity index (χ1n) is 8.96. The molecule has 0 aliphatic carbocycles. The molecule has 8 nitrogen and oxygen atoms in total. The van der Waals surface area contributed by atoms with Gasteiger partial charge in [0, 0.05) is 12.2 Å². The van der Waals surface area contributed by atoms with Gasteiger partial charge in [-0.3, -0.25) is 9.69 Å². The van der Waals surface area contributed by atoms with E-state index in [1.165, 1.54) is 0 Å². The van der Waals surface area contributed by atoms with Crippen LogP contribution in [0.2, 0.25) is 0 Å². The van der Waals surface area contributed by atoms with Crippen LogP contribution in [0.5, 0.6) is 11.5 Å². The second kappa shape index (κ2) is 8.62. The molecule has 0 spiro atoms. The summed E-state index contributed by atoms with van der Waals surface area (Å²) in [5, 5.41) is 2.87. The van der Waals surface area contributed by atoms with Gasteiger partial charge in [-0.25, -0.2) is 4.79 Å². The number of ether oxygens (including phenoxy) is 2. The van der Waals surface area contributed by atoms with Crippen LogP contribution in [0.15, 0.2) is 47.3 Å². The Balaban J connectivity index is 1.50. The van der Waals surface area contributed by atoms with E-state index in [1.54, 1.807) is 25.3 Å². The minimum atomic E-state index is -0.347. The van der Waals surface area contributed by atoms with Crippen molar-refractivity contribution < 1.29 is 14.3 Å². The van der Waals surface area contributed by atoms with Crippen molar-refractivity contribution >= 4 is 22.6 Å². The Hall–Kier alpha value is -3.26. The van der Waals surface area contributed by atoms with E-state index in [-0.39, 0.29) is 17.6 Å². The number of H-pyrrole nitrogens is 2. The standard InChI is InChI=1S/C20H24N4O4/c1-13(24(2)10-11-28-16-7-5-15(27-3)6-8-16)19(25)21-14-4-9-17-18(12-14)23-20(26)22-17/h4-9,12-13H,10-11H2,1-3H3,(H,21,25)(H2,22,23,26)/t13-/m1/s1. The van der Waals surface area contributed by atoms with Crippen molar-refractivity contribution in [3.63, 3.8) is 0 Å². The Bertz CT molecular complexity index is 993. The highest BCUT2D eigenvalue weighted by Gasteiger charge is 2.18. The summed E-state index contributed by atoms with van der Waals surface area (Å²) in [6.07, 6.45) is 0. The third-order valence-electron chi connectivity index (χ3n) is 4.60. The number of hydrogen-bond acceptors (Lipinski definition) is 5. The minimum Gasteiger partial charge on any atom is -0.497 e. The first-order valence-corrected chi connectivity index (χ1v) is 8.96. The highest BCUT2D eigenvalue weighted by atomic mass is 16.5. The molecule has 148 valence electrons. The molecule has 0 unspecified atom stereocenters. The van der Waals surface area contributed by atoms with Crippen LogP contribution in [0, 0.1) is 0 Å². The molecule has 0 bridgehead atoms. The van der Waals surface area contributed by atoms with Crippen molar-refractivity contribution in [2.75, 3.05) is 32.6 Å². The number of nitrogens with zero attached hydrogens (tertiary/aromatic N) is 1. The van der Waals surface area contributed by atoms with E-state index in [9.17, 15) is 9.59 Å². The average molecular weight is 384 g/mol. The van der Waals surface area contributed by atoms with E-state index >= 15 is 0 Å². The van der Waals surface area contributed by atoms with Gasteiger partial charge in [-0.15, -0.1) is 0 Å². The first kappa shape index (κ1) is 19.5. The number of hydrogen-bond donors (Lipinski definition) is 3. The van der Waals surface area contributed by atoms with Crippen molar-refractivity contribution in [1.29, 1.82) is 0 Å². The molecule has 8 heteroatoms. The van der Waals surface area contributed by atoms with Crippen LogP contribution in [0.4, 0.5) is 5.69 Å². The number of amides is 1. The van der Waals surface area contributed by atoms with Crippen LogP contribution < -0.4 is 20.5 Å². The normalized spacial score (nSPS) is 12.1. The lowest BCUT2D eigenvalue weighted by atomic mass is 10.2. The molecule has 0 aliphatic rings. The fourth-order valence-electron chi connectivity index (χ4n) is 2.73. The molecule has 3 rings (SSSR count). The Kier molecular flexibility index (Phi) is 6.00. The molecule has 0 saturated carbocycles. The van der Waals surface area contributed by atoms with E-state index in [4.69, 9.17) is 9.47 Å². The number of methoxy groups -OCH3 is 1. The van der Waals surface area contributed by atoms with E-state index in [1.807, 2.05) is 43.1 Å². The lowest BCUT2D eigenvalue weighted by Crippen LogP contribution is -2.41. The van der Waals surface area contributed by atoms with Gasteiger partial charge in [-0.2, -0.15) is 0 Å². The van der Waals surface area contributed by atoms with Gasteiger partial charge >= 0.3 is 5.69 Å². The maximum atomic E-state index is 12.5. The molecule has 1 amide bonds. The summed E-state index contributed by atoms with van der Waals surface area (Å²) >= 11 is 0. The summed E-state index contributed by atoms with van der Waals surface area (Å²) in [5.41, 5.74) is 1.70. The van der Waals surface area contributed by atoms with Crippen LogP contribution in [-0.2, 0) is 4.79 Å². The van der Waals surface area contributed by atoms with Crippen LogP contribution in [0.25, 0.3) is 11.0 Å². The van der Waals surface area contributed by atoms with Gasteiger partial charge in [-0.1, -0.05) is 0 Å². The van der Waals surface area contributed by atoms with Crippen molar-refractivity contribution in [3.05, 3.63) is 52.9 Å². The lowest BCUT2D eigenvalue weighted by Gasteiger charge is -2.23. The molecule has 3 N–H and O–H groups in total. The predicted octanol–water partition coefficient (Wildman–Crippen LogP) is 2.20. The Morgan fingerprint density at radius 1 is 1.11 bits per heavy atom. The summed E-state index contributed by atoms with van der Waals surface area (Å²) in [4.78, 5) is 31.1. The van der Waals surface area contributed by atoms with Gasteiger partial charge < -0.3 is 24.8 Å². The van der Waals surface area contributed by atoms with Crippen LogP contribution in [0.1, 0.15) is 6.92 Å². The van der Waals surface area contributed by atoms with Crippen LogP contribution in [0.3, 0.4) is 0 Å². The quantitative estimate of drug-likeness (QED) is 0.553. The largest absolute Gasteiger partial charge is 0.497 e.